The van der Waals surface area contributed by atoms with E-state index >= 15 is 0 Å². The second-order valence-electron chi connectivity index (χ2n) is 5.20. The van der Waals surface area contributed by atoms with Crippen LogP contribution in [0.5, 0.6) is 0 Å². The molecule has 0 aliphatic carbocycles. The highest BCUT2D eigenvalue weighted by atomic mass is 127. The van der Waals surface area contributed by atoms with Crippen LogP contribution < -0.4 is 10.6 Å². The van der Waals surface area contributed by atoms with Gasteiger partial charge in [-0.25, -0.2) is 0 Å². The maximum absolute atomic E-state index is 5.49. The molecule has 2 N–H and O–H groups in total. The number of rotatable bonds is 4. The molecule has 0 aliphatic heterocycles. The fourth-order valence-corrected chi connectivity index (χ4v) is 2.96. The molecule has 0 unspecified atom stereocenters. The first-order valence-electron chi connectivity index (χ1n) is 7.50. The topological polar surface area (TPSA) is 24.1 Å². The smallest absolute Gasteiger partial charge is 0.175 e. The van der Waals surface area contributed by atoms with Crippen LogP contribution in [0.1, 0.15) is 30.5 Å². The maximum atomic E-state index is 5.49. The summed E-state index contributed by atoms with van der Waals surface area (Å²) < 4.78 is 1.26. The lowest BCUT2D eigenvalue weighted by atomic mass is 10.0. The summed E-state index contributed by atoms with van der Waals surface area (Å²) in [6, 6.07) is 12.7. The molecule has 116 valence electrons. The van der Waals surface area contributed by atoms with E-state index in [1.807, 2.05) is 0 Å². The number of hydrogen-bond donors (Lipinski definition) is 2. The standard InChI is InChI=1S/C18H21IN2S/c1-4-13-7-6-8-14(5-2)17(13)21-18(22)20-15-9-10-16(19)12(3)11-15/h6-11H,4-5H2,1-3H3,(H2,20,21,22). The van der Waals surface area contributed by atoms with Gasteiger partial charge in [-0.05, 0) is 89.5 Å². The maximum Gasteiger partial charge on any atom is 0.175 e. The average Bonchev–Trinajstić information content (AvgIpc) is 2.51. The first kappa shape index (κ1) is 17.2. The molecule has 0 heterocycles. The molecule has 0 saturated carbocycles. The highest BCUT2D eigenvalue weighted by molar-refractivity contribution is 14.1. The molecule has 2 nitrogen and oxygen atoms in total. The van der Waals surface area contributed by atoms with E-state index in [-0.39, 0.29) is 0 Å². The molecule has 0 saturated heterocycles. The highest BCUT2D eigenvalue weighted by Crippen LogP contribution is 2.23. The van der Waals surface area contributed by atoms with Gasteiger partial charge >= 0.3 is 0 Å². The summed E-state index contributed by atoms with van der Waals surface area (Å²) in [6.07, 6.45) is 1.98. The molecule has 2 aromatic carbocycles. The van der Waals surface area contributed by atoms with Crippen LogP contribution in [0, 0.1) is 10.5 Å². The molecular weight excluding hydrogens is 403 g/mol. The van der Waals surface area contributed by atoms with Crippen molar-refractivity contribution in [3.63, 3.8) is 0 Å². The van der Waals surface area contributed by atoms with Crippen LogP contribution in [0.4, 0.5) is 11.4 Å². The van der Waals surface area contributed by atoms with Gasteiger partial charge in [0.2, 0.25) is 0 Å². The lowest BCUT2D eigenvalue weighted by Crippen LogP contribution is -2.21. The van der Waals surface area contributed by atoms with Gasteiger partial charge in [-0.2, -0.15) is 0 Å². The van der Waals surface area contributed by atoms with Gasteiger partial charge in [-0.15, -0.1) is 0 Å². The summed E-state index contributed by atoms with van der Waals surface area (Å²) in [5, 5.41) is 7.30. The first-order chi connectivity index (χ1) is 10.5. The SMILES string of the molecule is CCc1cccc(CC)c1NC(=S)Nc1ccc(I)c(C)c1. The van der Waals surface area contributed by atoms with Crippen molar-refractivity contribution in [1.82, 2.24) is 0 Å². The zero-order chi connectivity index (χ0) is 16.1. The van der Waals surface area contributed by atoms with E-state index in [0.717, 1.165) is 24.2 Å². The minimum absolute atomic E-state index is 0.635. The molecular formula is C18H21IN2S. The van der Waals surface area contributed by atoms with Crippen molar-refractivity contribution in [1.29, 1.82) is 0 Å². The van der Waals surface area contributed by atoms with Crippen LogP contribution in [-0.4, -0.2) is 5.11 Å². The van der Waals surface area contributed by atoms with Crippen LogP contribution in [0.3, 0.4) is 0 Å². The minimum atomic E-state index is 0.635. The number of hydrogen-bond acceptors (Lipinski definition) is 1. The molecule has 0 spiro atoms. The fraction of sp³-hybridized carbons (Fsp3) is 0.278. The number of para-hydroxylation sites is 1. The van der Waals surface area contributed by atoms with Crippen LogP contribution in [0.15, 0.2) is 36.4 Å². The Bertz CT molecular complexity index is 661. The van der Waals surface area contributed by atoms with Crippen molar-refractivity contribution in [2.45, 2.75) is 33.6 Å². The van der Waals surface area contributed by atoms with E-state index in [1.165, 1.54) is 20.3 Å². The summed E-state index contributed by atoms with van der Waals surface area (Å²) in [7, 11) is 0. The third-order valence-corrected chi connectivity index (χ3v) is 5.07. The van der Waals surface area contributed by atoms with E-state index in [1.54, 1.807) is 0 Å². The van der Waals surface area contributed by atoms with Gasteiger partial charge in [0.15, 0.2) is 5.11 Å². The monoisotopic (exact) mass is 424 g/mol. The van der Waals surface area contributed by atoms with E-state index in [4.69, 9.17) is 12.2 Å². The Morgan fingerprint density at radius 3 is 2.23 bits per heavy atom. The van der Waals surface area contributed by atoms with Gasteiger partial charge in [0.05, 0.1) is 0 Å². The highest BCUT2D eigenvalue weighted by Gasteiger charge is 2.08. The molecule has 0 radical (unpaired) electrons. The molecule has 0 atom stereocenters. The average molecular weight is 424 g/mol. The molecule has 0 fully saturated rings. The van der Waals surface area contributed by atoms with Gasteiger partial charge < -0.3 is 10.6 Å². The summed E-state index contributed by atoms with van der Waals surface area (Å²) in [4.78, 5) is 0. The Balaban J connectivity index is 2.17. The van der Waals surface area contributed by atoms with Crippen LogP contribution in [-0.2, 0) is 12.8 Å². The minimum Gasteiger partial charge on any atom is -0.332 e. The second kappa shape index (κ2) is 7.92. The summed E-state index contributed by atoms with van der Waals surface area (Å²) in [5.41, 5.74) is 6.00. The van der Waals surface area contributed by atoms with E-state index < -0.39 is 0 Å². The van der Waals surface area contributed by atoms with Crippen molar-refractivity contribution in [3.05, 3.63) is 56.7 Å². The van der Waals surface area contributed by atoms with E-state index in [0.29, 0.717) is 5.11 Å². The van der Waals surface area contributed by atoms with E-state index in [2.05, 4.69) is 90.4 Å². The lowest BCUT2D eigenvalue weighted by Gasteiger charge is -2.17. The molecule has 2 rings (SSSR count). The zero-order valence-electron chi connectivity index (χ0n) is 13.2. The Labute approximate surface area is 151 Å². The van der Waals surface area contributed by atoms with Crippen LogP contribution in [0.25, 0.3) is 0 Å². The van der Waals surface area contributed by atoms with Crippen LogP contribution in [0.2, 0.25) is 0 Å². The zero-order valence-corrected chi connectivity index (χ0v) is 16.1. The number of nitrogens with one attached hydrogen (secondary N) is 2. The third-order valence-electron chi connectivity index (χ3n) is 3.65. The quantitative estimate of drug-likeness (QED) is 0.498. The molecule has 0 amide bonds. The number of anilines is 2. The van der Waals surface area contributed by atoms with Crippen molar-refractivity contribution < 1.29 is 0 Å². The Kier molecular flexibility index (Phi) is 6.20. The molecule has 22 heavy (non-hydrogen) atoms. The lowest BCUT2D eigenvalue weighted by molar-refractivity contribution is 1.09. The van der Waals surface area contributed by atoms with Crippen molar-refractivity contribution in [2.24, 2.45) is 0 Å². The van der Waals surface area contributed by atoms with Gasteiger partial charge in [-0.3, -0.25) is 0 Å². The number of benzene rings is 2. The van der Waals surface area contributed by atoms with Gasteiger partial charge in [0.1, 0.15) is 0 Å². The normalized spacial score (nSPS) is 10.4. The third kappa shape index (κ3) is 4.20. The predicted molar refractivity (Wildman–Crippen MR) is 109 cm³/mol. The van der Waals surface area contributed by atoms with Gasteiger partial charge in [-0.1, -0.05) is 32.0 Å². The second-order valence-corrected chi connectivity index (χ2v) is 6.77. The Hall–Kier alpha value is -1.14. The van der Waals surface area contributed by atoms with Gasteiger partial charge in [0.25, 0.3) is 0 Å². The summed E-state index contributed by atoms with van der Waals surface area (Å²) in [6.45, 7) is 6.43. The van der Waals surface area contributed by atoms with Gasteiger partial charge in [0, 0.05) is 14.9 Å². The molecule has 0 bridgehead atoms. The summed E-state index contributed by atoms with van der Waals surface area (Å²) in [5.74, 6) is 0. The number of aryl methyl sites for hydroxylation is 3. The fourth-order valence-electron chi connectivity index (χ4n) is 2.40. The molecule has 2 aromatic rings. The predicted octanol–water partition coefficient (Wildman–Crippen LogP) is 5.53. The van der Waals surface area contributed by atoms with Crippen molar-refractivity contribution >= 4 is 51.3 Å². The van der Waals surface area contributed by atoms with E-state index in [9.17, 15) is 0 Å². The largest absolute Gasteiger partial charge is 0.332 e. The molecule has 0 aromatic heterocycles. The van der Waals surface area contributed by atoms with Crippen LogP contribution >= 0.6 is 34.8 Å². The van der Waals surface area contributed by atoms with Crippen molar-refractivity contribution in [3.8, 4) is 0 Å². The number of thiocarbonyl (C=S) groups is 1. The number of halogens is 1. The molecule has 0 aliphatic rings. The first-order valence-corrected chi connectivity index (χ1v) is 8.98. The molecule has 4 heteroatoms. The Morgan fingerprint density at radius 1 is 1.05 bits per heavy atom. The Morgan fingerprint density at radius 2 is 1.68 bits per heavy atom. The van der Waals surface area contributed by atoms with Crippen molar-refractivity contribution in [2.75, 3.05) is 10.6 Å². The summed E-state index contributed by atoms with van der Waals surface area (Å²) >= 11 is 7.82.